The molecule has 4 rings (SSSR count). The van der Waals surface area contributed by atoms with Crippen molar-refractivity contribution >= 4 is 45.3 Å². The number of benzene rings is 4. The number of sulfonamides is 1. The summed E-state index contributed by atoms with van der Waals surface area (Å²) in [6, 6.07) is 24.3. The van der Waals surface area contributed by atoms with Crippen LogP contribution >= 0.6 is 11.6 Å². The number of amides is 2. The van der Waals surface area contributed by atoms with Crippen LogP contribution in [0.25, 0.3) is 0 Å². The number of aryl methyl sites for hydroxylation is 1. The molecule has 0 heterocycles. The van der Waals surface area contributed by atoms with E-state index in [9.17, 15) is 31.2 Å². The standard InChI is InChI=1S/C33H30ClF3N4O5S/c1-23-7-14-28(15-8-23)47(44,45)41(26-11-16-30(34)29(19-26)33(35,36)37)21-31(42)40-39-20-25-9-12-27(13-10-25)46-22-32(43)38-18-17-24-5-3-2-4-6-24/h2-16,19-20H,17-18,21-22H2,1H3,(H,38,43)(H,40,42)/b39-20-. The van der Waals surface area contributed by atoms with Crippen LogP contribution in [-0.4, -0.2) is 46.1 Å². The Morgan fingerprint density at radius 1 is 0.936 bits per heavy atom. The van der Waals surface area contributed by atoms with Gasteiger partial charge in [-0.05, 0) is 79.1 Å². The number of hydrazone groups is 1. The fraction of sp³-hybridized carbons (Fsp3) is 0.182. The van der Waals surface area contributed by atoms with E-state index in [1.54, 1.807) is 31.2 Å². The van der Waals surface area contributed by atoms with Gasteiger partial charge in [-0.2, -0.15) is 18.3 Å². The molecule has 0 aliphatic rings. The van der Waals surface area contributed by atoms with E-state index in [4.69, 9.17) is 16.3 Å². The highest BCUT2D eigenvalue weighted by Gasteiger charge is 2.35. The third kappa shape index (κ3) is 10.1. The Hall–Kier alpha value is -4.88. The lowest BCUT2D eigenvalue weighted by atomic mass is 10.1. The van der Waals surface area contributed by atoms with Gasteiger partial charge in [0.15, 0.2) is 6.61 Å². The maximum Gasteiger partial charge on any atom is 0.417 e. The highest BCUT2D eigenvalue weighted by molar-refractivity contribution is 7.92. The van der Waals surface area contributed by atoms with Gasteiger partial charge < -0.3 is 10.1 Å². The fourth-order valence-corrected chi connectivity index (χ4v) is 5.86. The lowest BCUT2D eigenvalue weighted by molar-refractivity contribution is -0.137. The van der Waals surface area contributed by atoms with Crippen molar-refractivity contribution in [2.45, 2.75) is 24.4 Å². The normalized spacial score (nSPS) is 11.7. The van der Waals surface area contributed by atoms with E-state index >= 15 is 0 Å². The summed E-state index contributed by atoms with van der Waals surface area (Å²) >= 11 is 5.73. The zero-order chi connectivity index (χ0) is 34.0. The maximum atomic E-state index is 13.6. The van der Waals surface area contributed by atoms with Gasteiger partial charge in [0.05, 0.1) is 27.4 Å². The Morgan fingerprint density at radius 2 is 1.62 bits per heavy atom. The van der Waals surface area contributed by atoms with Crippen LogP contribution in [0.4, 0.5) is 18.9 Å². The van der Waals surface area contributed by atoms with Crippen molar-refractivity contribution in [3.05, 3.63) is 124 Å². The number of nitrogens with zero attached hydrogens (tertiary/aromatic N) is 2. The number of anilines is 1. The first-order valence-corrected chi connectivity index (χ1v) is 16.0. The Labute approximate surface area is 275 Å². The van der Waals surface area contributed by atoms with Gasteiger partial charge in [0, 0.05) is 6.54 Å². The van der Waals surface area contributed by atoms with Crippen LogP contribution in [-0.2, 0) is 32.2 Å². The molecule has 0 saturated heterocycles. The second kappa shape index (κ2) is 15.6. The van der Waals surface area contributed by atoms with E-state index in [0.717, 1.165) is 23.3 Å². The summed E-state index contributed by atoms with van der Waals surface area (Å²) < 4.78 is 73.8. The number of ether oxygens (including phenoxy) is 1. The van der Waals surface area contributed by atoms with E-state index in [2.05, 4.69) is 15.8 Å². The highest BCUT2D eigenvalue weighted by Crippen LogP contribution is 2.38. The summed E-state index contributed by atoms with van der Waals surface area (Å²) in [5.74, 6) is -0.776. The molecule has 0 unspecified atom stereocenters. The maximum absolute atomic E-state index is 13.6. The van der Waals surface area contributed by atoms with Gasteiger partial charge in [0.25, 0.3) is 21.8 Å². The lowest BCUT2D eigenvalue weighted by Crippen LogP contribution is -2.39. The molecule has 0 saturated carbocycles. The molecular formula is C33H30ClF3N4O5S. The van der Waals surface area contributed by atoms with Gasteiger partial charge in [-0.15, -0.1) is 0 Å². The summed E-state index contributed by atoms with van der Waals surface area (Å²) in [5.41, 5.74) is 2.92. The van der Waals surface area contributed by atoms with Gasteiger partial charge >= 0.3 is 6.18 Å². The molecule has 14 heteroatoms. The van der Waals surface area contributed by atoms with Crippen molar-refractivity contribution in [2.24, 2.45) is 5.10 Å². The minimum Gasteiger partial charge on any atom is -0.484 e. The monoisotopic (exact) mass is 686 g/mol. The molecular weight excluding hydrogens is 657 g/mol. The van der Waals surface area contributed by atoms with Crippen LogP contribution < -0.4 is 19.8 Å². The second-order valence-corrected chi connectivity index (χ2v) is 12.5. The number of rotatable bonds is 13. The van der Waals surface area contributed by atoms with Crippen LogP contribution in [0.3, 0.4) is 0 Å². The van der Waals surface area contributed by atoms with Gasteiger partial charge in [0.2, 0.25) is 0 Å². The molecule has 0 aliphatic carbocycles. The summed E-state index contributed by atoms with van der Waals surface area (Å²) in [5, 5.41) is 6.00. The second-order valence-electron chi connectivity index (χ2n) is 10.2. The summed E-state index contributed by atoms with van der Waals surface area (Å²) in [6.07, 6.45) is -2.90. The zero-order valence-corrected chi connectivity index (χ0v) is 26.6. The minimum absolute atomic E-state index is 0.182. The zero-order valence-electron chi connectivity index (χ0n) is 25.0. The number of alkyl halides is 3. The number of carbonyl (C=O) groups excluding carboxylic acids is 2. The largest absolute Gasteiger partial charge is 0.484 e. The Balaban J connectivity index is 1.37. The van der Waals surface area contributed by atoms with Gasteiger partial charge in [-0.3, -0.25) is 13.9 Å². The molecule has 2 N–H and O–H groups in total. The van der Waals surface area contributed by atoms with E-state index in [1.165, 1.54) is 30.5 Å². The van der Waals surface area contributed by atoms with E-state index in [-0.39, 0.29) is 17.4 Å². The van der Waals surface area contributed by atoms with Crippen molar-refractivity contribution in [1.82, 2.24) is 10.7 Å². The Kier molecular flexibility index (Phi) is 11.6. The molecule has 9 nitrogen and oxygen atoms in total. The molecule has 246 valence electrons. The van der Waals surface area contributed by atoms with E-state index in [0.29, 0.717) is 34.7 Å². The van der Waals surface area contributed by atoms with E-state index < -0.39 is 44.9 Å². The molecule has 0 fully saturated rings. The third-order valence-electron chi connectivity index (χ3n) is 6.67. The SMILES string of the molecule is Cc1ccc(S(=O)(=O)N(CC(=O)N/N=C\c2ccc(OCC(=O)NCCc3ccccc3)cc2)c2ccc(Cl)c(C(F)(F)F)c2)cc1. The number of hydrogen-bond acceptors (Lipinski definition) is 6. The minimum atomic E-state index is -4.87. The Morgan fingerprint density at radius 3 is 2.28 bits per heavy atom. The smallest absolute Gasteiger partial charge is 0.417 e. The van der Waals surface area contributed by atoms with Crippen molar-refractivity contribution in [2.75, 3.05) is 24.0 Å². The van der Waals surface area contributed by atoms with Gasteiger partial charge in [0.1, 0.15) is 12.3 Å². The lowest BCUT2D eigenvalue weighted by Gasteiger charge is -2.25. The predicted octanol–water partition coefficient (Wildman–Crippen LogP) is 5.75. The van der Waals surface area contributed by atoms with Crippen LogP contribution in [0.5, 0.6) is 5.75 Å². The molecule has 2 amide bonds. The van der Waals surface area contributed by atoms with Crippen LogP contribution in [0.2, 0.25) is 5.02 Å². The number of halogens is 4. The van der Waals surface area contributed by atoms with Gasteiger partial charge in [-0.25, -0.2) is 13.8 Å². The molecule has 0 bridgehead atoms. The third-order valence-corrected chi connectivity index (χ3v) is 8.79. The molecule has 4 aromatic carbocycles. The highest BCUT2D eigenvalue weighted by atomic mass is 35.5. The molecule has 0 spiro atoms. The number of nitrogens with one attached hydrogen (secondary N) is 2. The first-order chi connectivity index (χ1) is 22.3. The van der Waals surface area contributed by atoms with Crippen molar-refractivity contribution < 1.29 is 35.9 Å². The average molecular weight is 687 g/mol. The molecule has 0 aromatic heterocycles. The van der Waals surface area contributed by atoms with Crippen molar-refractivity contribution in [3.8, 4) is 5.75 Å². The quantitative estimate of drug-likeness (QED) is 0.137. The molecule has 0 aliphatic heterocycles. The molecule has 4 aromatic rings. The summed E-state index contributed by atoms with van der Waals surface area (Å²) in [7, 11) is -4.49. The topological polar surface area (TPSA) is 117 Å². The predicted molar refractivity (Wildman–Crippen MR) is 173 cm³/mol. The van der Waals surface area contributed by atoms with Crippen LogP contribution in [0, 0.1) is 6.92 Å². The molecule has 0 atom stereocenters. The first kappa shape index (κ1) is 35.0. The molecule has 47 heavy (non-hydrogen) atoms. The number of carbonyl (C=O) groups is 2. The van der Waals surface area contributed by atoms with E-state index in [1.807, 2.05) is 30.3 Å². The summed E-state index contributed by atoms with van der Waals surface area (Å²) in [6.45, 7) is 1.14. The fourth-order valence-electron chi connectivity index (χ4n) is 4.22. The average Bonchev–Trinajstić information content (AvgIpc) is 3.04. The first-order valence-electron chi connectivity index (χ1n) is 14.1. The van der Waals surface area contributed by atoms with Crippen LogP contribution in [0.1, 0.15) is 22.3 Å². The van der Waals surface area contributed by atoms with Crippen LogP contribution in [0.15, 0.2) is 107 Å². The van der Waals surface area contributed by atoms with Crippen molar-refractivity contribution in [3.63, 3.8) is 0 Å². The Bertz CT molecular complexity index is 1820. The number of hydrogen-bond donors (Lipinski definition) is 2. The molecule has 0 radical (unpaired) electrons. The van der Waals surface area contributed by atoms with Crippen molar-refractivity contribution in [1.29, 1.82) is 0 Å². The summed E-state index contributed by atoms with van der Waals surface area (Å²) in [4.78, 5) is 24.7. The van der Waals surface area contributed by atoms with Gasteiger partial charge in [-0.1, -0.05) is 59.6 Å².